The molecule has 0 aliphatic carbocycles. The van der Waals surface area contributed by atoms with Crippen LogP contribution in [0.2, 0.25) is 0 Å². The molecule has 0 atom stereocenters. The van der Waals surface area contributed by atoms with E-state index in [2.05, 4.69) is 31.4 Å². The third-order valence-electron chi connectivity index (χ3n) is 1.75. The maximum Gasteiger partial charge on any atom is 0.0227 e. The lowest BCUT2D eigenvalue weighted by Gasteiger charge is -1.96. The highest BCUT2D eigenvalue weighted by Gasteiger charge is 1.92. The molecule has 1 rings (SSSR count). The molecule has 0 N–H and O–H groups in total. The fraction of sp³-hybridized carbons (Fsp3) is 0.154. The highest BCUT2D eigenvalue weighted by Crippen LogP contribution is 2.12. The summed E-state index contributed by atoms with van der Waals surface area (Å²) in [7, 11) is 0. The number of benzene rings is 1. The number of hydrogen-bond donors (Lipinski definition) is 0. The van der Waals surface area contributed by atoms with Crippen LogP contribution in [-0.2, 0) is 0 Å². The third kappa shape index (κ3) is 2.77. The molecule has 0 fully saturated rings. The van der Waals surface area contributed by atoms with Gasteiger partial charge >= 0.3 is 0 Å². The lowest BCUT2D eigenvalue weighted by Crippen LogP contribution is -1.76. The Morgan fingerprint density at radius 3 is 2.62 bits per heavy atom. The van der Waals surface area contributed by atoms with Crippen molar-refractivity contribution in [1.82, 2.24) is 0 Å². The Balaban J connectivity index is 3.05. The van der Waals surface area contributed by atoms with Gasteiger partial charge in [0.25, 0.3) is 0 Å². The molecule has 0 radical (unpaired) electrons. The molecule has 0 bridgehead atoms. The Kier molecular flexibility index (Phi) is 3.81. The molecular weight excluding hydrogens is 156 g/mol. The molecule has 1 aromatic rings. The molecule has 0 heteroatoms. The molecule has 0 unspecified atom stereocenters. The first-order valence-electron chi connectivity index (χ1n) is 4.51. The van der Waals surface area contributed by atoms with Gasteiger partial charge in [-0.05, 0) is 18.1 Å². The van der Waals surface area contributed by atoms with E-state index in [0.717, 1.165) is 12.0 Å². The molecular formula is C13H14. The first kappa shape index (κ1) is 9.57. The van der Waals surface area contributed by atoms with Crippen molar-refractivity contribution < 1.29 is 0 Å². The fourth-order valence-electron chi connectivity index (χ4n) is 1.09. The summed E-state index contributed by atoms with van der Waals surface area (Å²) in [5.74, 6) is 0. The number of allylic oxidation sites excluding steroid dienone is 2. The van der Waals surface area contributed by atoms with Crippen LogP contribution >= 0.6 is 0 Å². The summed E-state index contributed by atoms with van der Waals surface area (Å²) in [4.78, 5) is 0. The van der Waals surface area contributed by atoms with Gasteiger partial charge in [-0.3, -0.25) is 0 Å². The summed E-state index contributed by atoms with van der Waals surface area (Å²) in [5.41, 5.74) is 5.44. The zero-order valence-corrected chi connectivity index (χ0v) is 7.96. The number of hydrogen-bond acceptors (Lipinski definition) is 0. The molecule has 0 heterocycles. The van der Waals surface area contributed by atoms with E-state index in [1.54, 1.807) is 0 Å². The average molecular weight is 170 g/mol. The predicted octanol–water partition coefficient (Wildman–Crippen LogP) is 3.82. The molecule has 0 amide bonds. The van der Waals surface area contributed by atoms with E-state index >= 15 is 0 Å². The molecule has 0 aromatic heterocycles. The third-order valence-corrected chi connectivity index (χ3v) is 1.75. The van der Waals surface area contributed by atoms with Crippen molar-refractivity contribution in [3.63, 3.8) is 0 Å². The van der Waals surface area contributed by atoms with Crippen molar-refractivity contribution in [2.45, 2.75) is 13.3 Å². The molecule has 1 aromatic carbocycles. The minimum absolute atomic E-state index is 1.00. The summed E-state index contributed by atoms with van der Waals surface area (Å²) >= 11 is 0. The lowest BCUT2D eigenvalue weighted by molar-refractivity contribution is 1.23. The summed E-state index contributed by atoms with van der Waals surface area (Å²) in [6, 6.07) is 10.2. The fourth-order valence-corrected chi connectivity index (χ4v) is 1.09. The van der Waals surface area contributed by atoms with Gasteiger partial charge in [-0.2, -0.15) is 0 Å². The van der Waals surface area contributed by atoms with E-state index in [1.165, 1.54) is 5.56 Å². The lowest BCUT2D eigenvalue weighted by atomic mass is 10.1. The minimum atomic E-state index is 1.00. The zero-order valence-electron chi connectivity index (χ0n) is 7.96. The van der Waals surface area contributed by atoms with Gasteiger partial charge in [0.1, 0.15) is 0 Å². The van der Waals surface area contributed by atoms with Crippen molar-refractivity contribution in [2.75, 3.05) is 0 Å². The van der Waals surface area contributed by atoms with E-state index in [0.29, 0.717) is 0 Å². The first-order valence-corrected chi connectivity index (χ1v) is 4.51. The van der Waals surface area contributed by atoms with Crippen molar-refractivity contribution >= 4 is 5.57 Å². The smallest absolute Gasteiger partial charge is 0.0227 e. The van der Waals surface area contributed by atoms with Crippen molar-refractivity contribution in [2.24, 2.45) is 0 Å². The monoisotopic (exact) mass is 170 g/mol. The van der Waals surface area contributed by atoms with Crippen LogP contribution in [0.4, 0.5) is 0 Å². The Labute approximate surface area is 79.9 Å². The summed E-state index contributed by atoms with van der Waals surface area (Å²) in [6.45, 7) is 5.87. The van der Waals surface area contributed by atoms with Crippen molar-refractivity contribution in [1.29, 1.82) is 0 Å². The normalized spacial score (nSPS) is 8.69. The van der Waals surface area contributed by atoms with Gasteiger partial charge < -0.3 is 0 Å². The number of rotatable bonds is 3. The van der Waals surface area contributed by atoms with Gasteiger partial charge in [0.2, 0.25) is 0 Å². The van der Waals surface area contributed by atoms with Gasteiger partial charge in [0.15, 0.2) is 0 Å². The zero-order chi connectivity index (χ0) is 9.52. The highest BCUT2D eigenvalue weighted by atomic mass is 14.0. The van der Waals surface area contributed by atoms with Gasteiger partial charge in [-0.1, -0.05) is 49.9 Å². The standard InChI is InChI=1S/C13H14/c1-3-5-9-12(4-2)13-10-7-6-8-11-13/h4-8,10-11H,2-3H2,1H3. The summed E-state index contributed by atoms with van der Waals surface area (Å²) in [6.07, 6.45) is 4.86. The second kappa shape index (κ2) is 5.18. The van der Waals surface area contributed by atoms with Gasteiger partial charge in [-0.25, -0.2) is 0 Å². The molecule has 0 aliphatic rings. The SMILES string of the molecule is C=CC(=C=CCC)c1ccccc1. The summed E-state index contributed by atoms with van der Waals surface area (Å²) in [5, 5.41) is 0. The van der Waals surface area contributed by atoms with Crippen LogP contribution in [0.5, 0.6) is 0 Å². The summed E-state index contributed by atoms with van der Waals surface area (Å²) < 4.78 is 0. The van der Waals surface area contributed by atoms with Crippen LogP contribution in [-0.4, -0.2) is 0 Å². The molecule has 0 aliphatic heterocycles. The van der Waals surface area contributed by atoms with Crippen LogP contribution in [0.15, 0.2) is 54.8 Å². The van der Waals surface area contributed by atoms with Crippen LogP contribution in [0, 0.1) is 0 Å². The van der Waals surface area contributed by atoms with Crippen molar-refractivity contribution in [3.8, 4) is 0 Å². The first-order chi connectivity index (χ1) is 6.38. The topological polar surface area (TPSA) is 0 Å². The quantitative estimate of drug-likeness (QED) is 0.478. The van der Waals surface area contributed by atoms with Crippen molar-refractivity contribution in [3.05, 3.63) is 60.4 Å². The average Bonchev–Trinajstić information content (AvgIpc) is 2.21. The second-order valence-electron chi connectivity index (χ2n) is 2.74. The molecule has 66 valence electrons. The van der Waals surface area contributed by atoms with Gasteiger partial charge in [-0.15, -0.1) is 5.73 Å². The van der Waals surface area contributed by atoms with Crippen LogP contribution in [0.3, 0.4) is 0 Å². The van der Waals surface area contributed by atoms with Crippen LogP contribution in [0.1, 0.15) is 18.9 Å². The van der Waals surface area contributed by atoms with E-state index in [9.17, 15) is 0 Å². The minimum Gasteiger partial charge on any atom is -0.117 e. The molecule has 0 nitrogen and oxygen atoms in total. The Morgan fingerprint density at radius 2 is 2.08 bits per heavy atom. The Hall–Kier alpha value is -1.52. The molecule has 0 saturated heterocycles. The van der Waals surface area contributed by atoms with E-state index in [4.69, 9.17) is 0 Å². The molecule has 13 heavy (non-hydrogen) atoms. The Morgan fingerprint density at radius 1 is 1.38 bits per heavy atom. The van der Waals surface area contributed by atoms with E-state index in [-0.39, 0.29) is 0 Å². The van der Waals surface area contributed by atoms with E-state index in [1.807, 2.05) is 30.4 Å². The van der Waals surface area contributed by atoms with E-state index < -0.39 is 0 Å². The van der Waals surface area contributed by atoms with Gasteiger partial charge in [0.05, 0.1) is 0 Å². The second-order valence-corrected chi connectivity index (χ2v) is 2.74. The van der Waals surface area contributed by atoms with Crippen LogP contribution < -0.4 is 0 Å². The maximum absolute atomic E-state index is 3.77. The Bertz CT molecular complexity index is 324. The molecule has 0 spiro atoms. The van der Waals surface area contributed by atoms with Gasteiger partial charge in [0, 0.05) is 5.57 Å². The predicted molar refractivity (Wildman–Crippen MR) is 58.4 cm³/mol. The largest absolute Gasteiger partial charge is 0.117 e. The molecule has 0 saturated carbocycles. The maximum atomic E-state index is 3.77. The highest BCUT2D eigenvalue weighted by molar-refractivity contribution is 5.72. The van der Waals surface area contributed by atoms with Crippen LogP contribution in [0.25, 0.3) is 5.57 Å².